The SMILES string of the molecule is Cn1c(=O)cc(N2CC[C@@H](NC(=O)c3cccc4c3NCCC4)C2)[nH]c1=O. The first-order valence-electron chi connectivity index (χ1n) is 9.25. The van der Waals surface area contributed by atoms with Crippen LogP contribution >= 0.6 is 0 Å². The van der Waals surface area contributed by atoms with Gasteiger partial charge in [-0.2, -0.15) is 0 Å². The van der Waals surface area contributed by atoms with Crippen molar-refractivity contribution in [3.63, 3.8) is 0 Å². The van der Waals surface area contributed by atoms with E-state index in [1.54, 1.807) is 0 Å². The zero-order valence-corrected chi connectivity index (χ0v) is 15.2. The molecule has 1 amide bonds. The van der Waals surface area contributed by atoms with Gasteiger partial charge in [-0.3, -0.25) is 19.1 Å². The molecule has 0 aliphatic carbocycles. The Kier molecular flexibility index (Phi) is 4.47. The van der Waals surface area contributed by atoms with Crippen molar-refractivity contribution in [3.8, 4) is 0 Å². The Hall–Kier alpha value is -3.03. The van der Waals surface area contributed by atoms with E-state index in [0.717, 1.165) is 36.1 Å². The molecule has 8 nitrogen and oxygen atoms in total. The third kappa shape index (κ3) is 3.34. The molecule has 1 atom stereocenters. The second-order valence-electron chi connectivity index (χ2n) is 7.13. The van der Waals surface area contributed by atoms with E-state index in [4.69, 9.17) is 0 Å². The average Bonchev–Trinajstić information content (AvgIpc) is 3.13. The van der Waals surface area contributed by atoms with Crippen molar-refractivity contribution in [2.24, 2.45) is 7.05 Å². The summed E-state index contributed by atoms with van der Waals surface area (Å²) >= 11 is 0. The van der Waals surface area contributed by atoms with E-state index in [-0.39, 0.29) is 17.5 Å². The fourth-order valence-electron chi connectivity index (χ4n) is 3.77. The highest BCUT2D eigenvalue weighted by Gasteiger charge is 2.27. The highest BCUT2D eigenvalue weighted by molar-refractivity contribution is 6.00. The summed E-state index contributed by atoms with van der Waals surface area (Å²) in [5.41, 5.74) is 2.01. The number of nitrogens with one attached hydrogen (secondary N) is 3. The lowest BCUT2D eigenvalue weighted by atomic mass is 9.99. The molecule has 3 heterocycles. The number of hydrogen-bond donors (Lipinski definition) is 3. The number of H-pyrrole nitrogens is 1. The monoisotopic (exact) mass is 369 g/mol. The maximum atomic E-state index is 12.8. The molecule has 8 heteroatoms. The molecule has 142 valence electrons. The molecule has 1 fully saturated rings. The Morgan fingerprint density at radius 1 is 1.30 bits per heavy atom. The van der Waals surface area contributed by atoms with Gasteiger partial charge in [-0.1, -0.05) is 12.1 Å². The number of aryl methyl sites for hydroxylation is 1. The van der Waals surface area contributed by atoms with Crippen LogP contribution in [0.15, 0.2) is 33.9 Å². The molecule has 2 aliphatic rings. The van der Waals surface area contributed by atoms with Gasteiger partial charge in [0, 0.05) is 38.8 Å². The second-order valence-corrected chi connectivity index (χ2v) is 7.13. The number of amides is 1. The van der Waals surface area contributed by atoms with Crippen LogP contribution in [0, 0.1) is 0 Å². The lowest BCUT2D eigenvalue weighted by Crippen LogP contribution is -2.39. The zero-order valence-electron chi connectivity index (χ0n) is 15.2. The standard InChI is InChI=1S/C19H23N5O3/c1-23-16(25)10-15(22-19(23)27)24-9-7-13(11-24)21-18(26)14-6-2-4-12-5-3-8-20-17(12)14/h2,4,6,10,13,20H,3,5,7-9,11H2,1H3,(H,21,26)(H,22,27)/t13-/m1/s1. The Labute approximate surface area is 156 Å². The van der Waals surface area contributed by atoms with Crippen LogP contribution in [0.1, 0.15) is 28.8 Å². The van der Waals surface area contributed by atoms with Gasteiger partial charge < -0.3 is 15.5 Å². The molecule has 0 saturated carbocycles. The Morgan fingerprint density at radius 2 is 2.15 bits per heavy atom. The summed E-state index contributed by atoms with van der Waals surface area (Å²) in [4.78, 5) is 41.1. The van der Waals surface area contributed by atoms with Crippen molar-refractivity contribution < 1.29 is 4.79 Å². The molecular formula is C19H23N5O3. The summed E-state index contributed by atoms with van der Waals surface area (Å²) in [6, 6.07) is 7.21. The molecular weight excluding hydrogens is 346 g/mol. The van der Waals surface area contributed by atoms with Gasteiger partial charge in [0.2, 0.25) is 0 Å². The number of nitrogens with zero attached hydrogens (tertiary/aromatic N) is 2. The maximum absolute atomic E-state index is 12.8. The van der Waals surface area contributed by atoms with Crippen LogP contribution in [0.3, 0.4) is 0 Å². The summed E-state index contributed by atoms with van der Waals surface area (Å²) in [5, 5.41) is 6.43. The molecule has 0 unspecified atom stereocenters. The topological polar surface area (TPSA) is 99.2 Å². The van der Waals surface area contributed by atoms with Crippen LogP contribution in [0.4, 0.5) is 11.5 Å². The average molecular weight is 369 g/mol. The first-order chi connectivity index (χ1) is 13.0. The van der Waals surface area contributed by atoms with Crippen LogP contribution in [0.25, 0.3) is 0 Å². The number of carbonyl (C=O) groups is 1. The van der Waals surface area contributed by atoms with E-state index in [9.17, 15) is 14.4 Å². The van der Waals surface area contributed by atoms with E-state index < -0.39 is 5.69 Å². The highest BCUT2D eigenvalue weighted by atomic mass is 16.2. The van der Waals surface area contributed by atoms with Crippen molar-refractivity contribution in [1.82, 2.24) is 14.9 Å². The van der Waals surface area contributed by atoms with Gasteiger partial charge >= 0.3 is 5.69 Å². The molecule has 1 saturated heterocycles. The third-order valence-corrected chi connectivity index (χ3v) is 5.31. The molecule has 2 aromatic rings. The molecule has 0 radical (unpaired) electrons. The Morgan fingerprint density at radius 3 is 2.96 bits per heavy atom. The normalized spacial score (nSPS) is 18.7. The third-order valence-electron chi connectivity index (χ3n) is 5.31. The first-order valence-corrected chi connectivity index (χ1v) is 9.25. The fraction of sp³-hybridized carbons (Fsp3) is 0.421. The number of benzene rings is 1. The van der Waals surface area contributed by atoms with Crippen molar-refractivity contribution in [1.29, 1.82) is 0 Å². The highest BCUT2D eigenvalue weighted by Crippen LogP contribution is 2.26. The number of rotatable bonds is 3. The van der Waals surface area contributed by atoms with E-state index >= 15 is 0 Å². The van der Waals surface area contributed by atoms with Gasteiger partial charge in [0.05, 0.1) is 11.3 Å². The predicted molar refractivity (Wildman–Crippen MR) is 104 cm³/mol. The quantitative estimate of drug-likeness (QED) is 0.729. The van der Waals surface area contributed by atoms with E-state index in [1.807, 2.05) is 17.0 Å². The Bertz CT molecular complexity index is 962. The van der Waals surface area contributed by atoms with Crippen molar-refractivity contribution in [2.75, 3.05) is 29.9 Å². The largest absolute Gasteiger partial charge is 0.384 e. The van der Waals surface area contributed by atoms with Crippen LogP contribution in [0.5, 0.6) is 0 Å². The zero-order chi connectivity index (χ0) is 19.0. The van der Waals surface area contributed by atoms with Crippen molar-refractivity contribution >= 4 is 17.4 Å². The van der Waals surface area contributed by atoms with Crippen molar-refractivity contribution in [3.05, 3.63) is 56.2 Å². The molecule has 3 N–H and O–H groups in total. The number of carbonyl (C=O) groups excluding carboxylic acids is 1. The molecule has 1 aromatic carbocycles. The van der Waals surface area contributed by atoms with Crippen molar-refractivity contribution in [2.45, 2.75) is 25.3 Å². The van der Waals surface area contributed by atoms with Gasteiger partial charge in [-0.05, 0) is 30.9 Å². The van der Waals surface area contributed by atoms with Crippen LogP contribution < -0.4 is 26.8 Å². The number of aromatic amines is 1. The molecule has 27 heavy (non-hydrogen) atoms. The number of aromatic nitrogens is 2. The summed E-state index contributed by atoms with van der Waals surface area (Å²) in [5.74, 6) is 0.407. The number of anilines is 2. The number of hydrogen-bond acceptors (Lipinski definition) is 5. The van der Waals surface area contributed by atoms with Crippen LogP contribution in [0.2, 0.25) is 0 Å². The predicted octanol–water partition coefficient (Wildman–Crippen LogP) is 0.440. The minimum absolute atomic E-state index is 0.0375. The van der Waals surface area contributed by atoms with Gasteiger partial charge in [0.25, 0.3) is 11.5 Å². The lowest BCUT2D eigenvalue weighted by Gasteiger charge is -2.22. The lowest BCUT2D eigenvalue weighted by molar-refractivity contribution is 0.0941. The van der Waals surface area contributed by atoms with Crippen LogP contribution in [-0.4, -0.2) is 41.1 Å². The Balaban J connectivity index is 1.47. The molecule has 0 bridgehead atoms. The van der Waals surface area contributed by atoms with Gasteiger partial charge in [0.15, 0.2) is 0 Å². The van der Waals surface area contributed by atoms with Gasteiger partial charge in [0.1, 0.15) is 5.82 Å². The van der Waals surface area contributed by atoms with Gasteiger partial charge in [-0.15, -0.1) is 0 Å². The van der Waals surface area contributed by atoms with E-state index in [2.05, 4.69) is 21.7 Å². The summed E-state index contributed by atoms with van der Waals surface area (Å²) < 4.78 is 1.03. The first kappa shape index (κ1) is 17.4. The minimum atomic E-state index is -0.438. The van der Waals surface area contributed by atoms with Gasteiger partial charge in [-0.25, -0.2) is 4.79 Å². The molecule has 0 spiro atoms. The number of para-hydroxylation sites is 1. The second kappa shape index (κ2) is 6.94. The summed E-state index contributed by atoms with van der Waals surface area (Å²) in [7, 11) is 1.44. The molecule has 4 rings (SSSR count). The summed E-state index contributed by atoms with van der Waals surface area (Å²) in [6.45, 7) is 2.10. The van der Waals surface area contributed by atoms with E-state index in [1.165, 1.54) is 18.7 Å². The fourth-order valence-corrected chi connectivity index (χ4v) is 3.77. The molecule has 1 aromatic heterocycles. The number of fused-ring (bicyclic) bond motifs is 1. The van der Waals surface area contributed by atoms with E-state index in [0.29, 0.717) is 24.5 Å². The summed E-state index contributed by atoms with van der Waals surface area (Å²) in [6.07, 6.45) is 2.81. The minimum Gasteiger partial charge on any atom is -0.384 e. The smallest absolute Gasteiger partial charge is 0.329 e. The van der Waals surface area contributed by atoms with Crippen LogP contribution in [-0.2, 0) is 13.5 Å². The maximum Gasteiger partial charge on any atom is 0.329 e. The molecule has 2 aliphatic heterocycles.